The zero-order valence-corrected chi connectivity index (χ0v) is 14.9. The van der Waals surface area contributed by atoms with Crippen molar-refractivity contribution in [3.05, 3.63) is 53.3 Å². The molecule has 0 N–H and O–H groups in total. The van der Waals surface area contributed by atoms with Crippen molar-refractivity contribution in [2.45, 2.75) is 13.5 Å². The highest BCUT2D eigenvalue weighted by Crippen LogP contribution is 2.32. The predicted molar refractivity (Wildman–Crippen MR) is 93.5 cm³/mol. The lowest BCUT2D eigenvalue weighted by Crippen LogP contribution is -2.12. The fraction of sp³-hybridized carbons (Fsp3) is 0.263. The van der Waals surface area contributed by atoms with Gasteiger partial charge in [-0.25, -0.2) is 9.18 Å². The van der Waals surface area contributed by atoms with Crippen molar-refractivity contribution in [2.75, 3.05) is 20.5 Å². The number of esters is 1. The smallest absolute Gasteiger partial charge is 0.347 e. The van der Waals surface area contributed by atoms with E-state index in [1.165, 1.54) is 25.3 Å². The Morgan fingerprint density at radius 3 is 2.81 bits per heavy atom. The summed E-state index contributed by atoms with van der Waals surface area (Å²) in [5, 5.41) is 3.90. The van der Waals surface area contributed by atoms with Crippen LogP contribution in [0.25, 0.3) is 0 Å². The Hall–Kier alpha value is -3.29. The van der Waals surface area contributed by atoms with Crippen molar-refractivity contribution >= 4 is 11.7 Å². The molecular weight excluding hydrogens is 357 g/mol. The summed E-state index contributed by atoms with van der Waals surface area (Å²) >= 11 is 0. The van der Waals surface area contributed by atoms with Gasteiger partial charge >= 0.3 is 5.97 Å². The average molecular weight is 375 g/mol. The first kappa shape index (κ1) is 18.5. The summed E-state index contributed by atoms with van der Waals surface area (Å²) in [6, 6.07) is 9.34. The lowest BCUT2D eigenvalue weighted by atomic mass is 10.1. The normalized spacial score (nSPS) is 12.6. The topological polar surface area (TPSA) is 75.6 Å². The third-order valence-corrected chi connectivity index (χ3v) is 3.81. The Kier molecular flexibility index (Phi) is 5.75. The molecule has 8 heteroatoms. The number of oxime groups is 1. The van der Waals surface area contributed by atoms with Crippen LogP contribution < -0.4 is 14.2 Å². The van der Waals surface area contributed by atoms with Crippen molar-refractivity contribution in [3.8, 4) is 17.2 Å². The number of methoxy groups -OCH3 is 1. The highest BCUT2D eigenvalue weighted by molar-refractivity contribution is 5.99. The first-order chi connectivity index (χ1) is 13.1. The van der Waals surface area contributed by atoms with E-state index in [-0.39, 0.29) is 20.0 Å². The minimum atomic E-state index is -0.636. The maximum Gasteiger partial charge on any atom is 0.347 e. The van der Waals surface area contributed by atoms with Gasteiger partial charge in [-0.05, 0) is 43.3 Å². The number of hydrogen-bond acceptors (Lipinski definition) is 7. The van der Waals surface area contributed by atoms with E-state index in [0.29, 0.717) is 28.5 Å². The standard InChI is InChI=1S/C19H18FNO6/c1-12(13-3-5-17-18(8-13)26-11-25-17)21-27-10-19(22)24-9-14-7-15(20)4-6-16(14)23-2/h3-8H,9-11H2,1-2H3/b21-12+. The SMILES string of the molecule is COc1ccc(F)cc1COC(=O)CO/N=C(\C)c1ccc2c(c1)OCO2. The summed E-state index contributed by atoms with van der Waals surface area (Å²) in [5.41, 5.74) is 1.76. The first-order valence-corrected chi connectivity index (χ1v) is 8.11. The third kappa shape index (κ3) is 4.66. The number of carbonyl (C=O) groups excluding carboxylic acids is 1. The van der Waals surface area contributed by atoms with Crippen LogP contribution in [-0.2, 0) is 21.0 Å². The van der Waals surface area contributed by atoms with Crippen LogP contribution in [-0.4, -0.2) is 32.2 Å². The Labute approximate surface area is 155 Å². The molecule has 0 aliphatic carbocycles. The summed E-state index contributed by atoms with van der Waals surface area (Å²) < 4.78 is 34.0. The molecule has 27 heavy (non-hydrogen) atoms. The molecule has 0 aromatic heterocycles. The fourth-order valence-electron chi connectivity index (χ4n) is 2.42. The van der Waals surface area contributed by atoms with Crippen molar-refractivity contribution in [1.29, 1.82) is 0 Å². The van der Waals surface area contributed by atoms with Crippen LogP contribution in [0.1, 0.15) is 18.1 Å². The highest BCUT2D eigenvalue weighted by atomic mass is 19.1. The maximum atomic E-state index is 13.3. The molecule has 1 aliphatic heterocycles. The van der Waals surface area contributed by atoms with Gasteiger partial charge in [-0.1, -0.05) is 5.16 Å². The second-order valence-corrected chi connectivity index (χ2v) is 5.64. The molecule has 0 atom stereocenters. The highest BCUT2D eigenvalue weighted by Gasteiger charge is 2.14. The van der Waals surface area contributed by atoms with Crippen molar-refractivity contribution in [2.24, 2.45) is 5.16 Å². The molecule has 0 radical (unpaired) electrons. The molecule has 0 amide bonds. The molecule has 3 rings (SSSR count). The Morgan fingerprint density at radius 2 is 2.00 bits per heavy atom. The Bertz CT molecular complexity index is 867. The predicted octanol–water partition coefficient (Wildman–Crippen LogP) is 3.05. The molecule has 2 aromatic carbocycles. The quantitative estimate of drug-likeness (QED) is 0.421. The van der Waals surface area contributed by atoms with Crippen LogP contribution in [0.2, 0.25) is 0 Å². The van der Waals surface area contributed by atoms with Crippen LogP contribution in [0.5, 0.6) is 17.2 Å². The molecule has 0 spiro atoms. The van der Waals surface area contributed by atoms with Gasteiger partial charge in [0.1, 0.15) is 18.2 Å². The summed E-state index contributed by atoms with van der Waals surface area (Å²) in [5.74, 6) is 0.654. The van der Waals surface area contributed by atoms with Crippen molar-refractivity contribution in [1.82, 2.24) is 0 Å². The molecule has 0 fully saturated rings. The molecule has 2 aromatic rings. The van der Waals surface area contributed by atoms with E-state index in [1.807, 2.05) is 6.07 Å². The van der Waals surface area contributed by atoms with Gasteiger partial charge in [0.05, 0.1) is 12.8 Å². The molecule has 142 valence electrons. The Morgan fingerprint density at radius 1 is 1.19 bits per heavy atom. The molecular formula is C19H18FNO6. The van der Waals surface area contributed by atoms with E-state index >= 15 is 0 Å². The maximum absolute atomic E-state index is 13.3. The van der Waals surface area contributed by atoms with Gasteiger partial charge in [-0.2, -0.15) is 0 Å². The zero-order chi connectivity index (χ0) is 19.2. The van der Waals surface area contributed by atoms with Gasteiger partial charge < -0.3 is 23.8 Å². The van der Waals surface area contributed by atoms with Gasteiger partial charge in [-0.3, -0.25) is 0 Å². The first-order valence-electron chi connectivity index (χ1n) is 8.11. The summed E-state index contributed by atoms with van der Waals surface area (Å²) in [7, 11) is 1.45. The van der Waals surface area contributed by atoms with Crippen LogP contribution in [0.15, 0.2) is 41.6 Å². The van der Waals surface area contributed by atoms with Gasteiger partial charge in [-0.15, -0.1) is 0 Å². The van der Waals surface area contributed by atoms with Crippen LogP contribution >= 0.6 is 0 Å². The second kappa shape index (κ2) is 8.39. The fourth-order valence-corrected chi connectivity index (χ4v) is 2.42. The largest absolute Gasteiger partial charge is 0.496 e. The summed E-state index contributed by atoms with van der Waals surface area (Å²) in [4.78, 5) is 16.8. The van der Waals surface area contributed by atoms with E-state index < -0.39 is 11.8 Å². The van der Waals surface area contributed by atoms with Crippen molar-refractivity contribution < 1.29 is 33.0 Å². The second-order valence-electron chi connectivity index (χ2n) is 5.64. The number of fused-ring (bicyclic) bond motifs is 1. The number of carbonyl (C=O) groups is 1. The van der Waals surface area contributed by atoms with Gasteiger partial charge in [0.2, 0.25) is 13.4 Å². The van der Waals surface area contributed by atoms with E-state index in [2.05, 4.69) is 5.16 Å². The summed E-state index contributed by atoms with van der Waals surface area (Å²) in [6.07, 6.45) is 0. The van der Waals surface area contributed by atoms with Crippen LogP contribution in [0.3, 0.4) is 0 Å². The molecule has 0 unspecified atom stereocenters. The third-order valence-electron chi connectivity index (χ3n) is 3.81. The molecule has 1 heterocycles. The molecule has 7 nitrogen and oxygen atoms in total. The minimum absolute atomic E-state index is 0.131. The molecule has 0 bridgehead atoms. The molecule has 0 saturated carbocycles. The van der Waals surface area contributed by atoms with Crippen molar-refractivity contribution in [3.63, 3.8) is 0 Å². The van der Waals surface area contributed by atoms with Crippen LogP contribution in [0, 0.1) is 5.82 Å². The molecule has 0 saturated heterocycles. The average Bonchev–Trinajstić information content (AvgIpc) is 3.14. The van der Waals surface area contributed by atoms with E-state index in [9.17, 15) is 9.18 Å². The van der Waals surface area contributed by atoms with Gasteiger partial charge in [0.15, 0.2) is 11.5 Å². The van der Waals surface area contributed by atoms with Crippen LogP contribution in [0.4, 0.5) is 4.39 Å². The Balaban J connectivity index is 1.50. The van der Waals surface area contributed by atoms with Gasteiger partial charge in [0, 0.05) is 11.1 Å². The number of nitrogens with zero attached hydrogens (tertiary/aromatic N) is 1. The number of hydrogen-bond donors (Lipinski definition) is 0. The number of rotatable bonds is 7. The summed E-state index contributed by atoms with van der Waals surface area (Å²) in [6.45, 7) is 1.42. The number of benzene rings is 2. The monoisotopic (exact) mass is 375 g/mol. The van der Waals surface area contributed by atoms with Gasteiger partial charge in [0.25, 0.3) is 0 Å². The van der Waals surface area contributed by atoms with E-state index in [4.69, 9.17) is 23.8 Å². The minimum Gasteiger partial charge on any atom is -0.496 e. The lowest BCUT2D eigenvalue weighted by Gasteiger charge is -2.09. The molecule has 1 aliphatic rings. The number of halogens is 1. The zero-order valence-electron chi connectivity index (χ0n) is 14.9. The van der Waals surface area contributed by atoms with E-state index in [0.717, 1.165) is 5.56 Å². The van der Waals surface area contributed by atoms with E-state index in [1.54, 1.807) is 19.1 Å². The lowest BCUT2D eigenvalue weighted by molar-refractivity contribution is -0.150. The number of ether oxygens (including phenoxy) is 4.